The number of carbonyl (C=O) groups is 2. The minimum absolute atomic E-state index is 0.180. The number of carbonyl (C=O) groups excluding carboxylic acids is 2. The van der Waals surface area contributed by atoms with Gasteiger partial charge in [0.2, 0.25) is 0 Å². The van der Waals surface area contributed by atoms with Gasteiger partial charge in [-0.3, -0.25) is 14.5 Å². The molecule has 2 amide bonds. The molecule has 1 fully saturated rings. The number of imide groups is 1. The van der Waals surface area contributed by atoms with Gasteiger partial charge in [0.1, 0.15) is 0 Å². The summed E-state index contributed by atoms with van der Waals surface area (Å²) in [5.74, 6) is 0.648. The number of nitrogens with zero attached hydrogens (tertiary/aromatic N) is 1. The molecule has 3 rings (SSSR count). The molecular formula is C20H17Cl2NO4S. The molecule has 146 valence electrons. The summed E-state index contributed by atoms with van der Waals surface area (Å²) in [6.07, 6.45) is 1.59. The third kappa shape index (κ3) is 4.46. The maximum absolute atomic E-state index is 12.7. The van der Waals surface area contributed by atoms with E-state index >= 15 is 0 Å². The lowest BCUT2D eigenvalue weighted by Crippen LogP contribution is -2.27. The van der Waals surface area contributed by atoms with Gasteiger partial charge in [0, 0.05) is 11.1 Å². The van der Waals surface area contributed by atoms with E-state index in [0.717, 1.165) is 17.3 Å². The Morgan fingerprint density at radius 1 is 1.11 bits per heavy atom. The smallest absolute Gasteiger partial charge is 0.293 e. The topological polar surface area (TPSA) is 55.8 Å². The highest BCUT2D eigenvalue weighted by Crippen LogP contribution is 2.38. The second-order valence-electron chi connectivity index (χ2n) is 5.85. The molecule has 2 aromatic rings. The number of ether oxygens (including phenoxy) is 2. The van der Waals surface area contributed by atoms with Crippen molar-refractivity contribution in [2.45, 2.75) is 13.5 Å². The standard InChI is InChI=1S/C20H17Cl2NO4S/c1-3-27-17-10-15(22)13(8-16(17)26-2)9-18-19(24)23(20(25)28-18)11-12-4-6-14(21)7-5-12/h4-10H,3,11H2,1-2H3/b18-9-. The Balaban J connectivity index is 1.86. The lowest BCUT2D eigenvalue weighted by atomic mass is 10.1. The summed E-state index contributed by atoms with van der Waals surface area (Å²) < 4.78 is 10.8. The molecule has 0 atom stereocenters. The average molecular weight is 438 g/mol. The summed E-state index contributed by atoms with van der Waals surface area (Å²) in [7, 11) is 1.52. The molecule has 0 N–H and O–H groups in total. The highest BCUT2D eigenvalue weighted by atomic mass is 35.5. The zero-order valence-corrected chi connectivity index (χ0v) is 17.5. The largest absolute Gasteiger partial charge is 0.493 e. The summed E-state index contributed by atoms with van der Waals surface area (Å²) in [6.45, 7) is 2.51. The minimum atomic E-state index is -0.367. The molecule has 0 spiro atoms. The van der Waals surface area contributed by atoms with Crippen LogP contribution in [-0.2, 0) is 11.3 Å². The van der Waals surface area contributed by atoms with Crippen molar-refractivity contribution in [1.29, 1.82) is 0 Å². The van der Waals surface area contributed by atoms with E-state index in [4.69, 9.17) is 32.7 Å². The van der Waals surface area contributed by atoms with Crippen LogP contribution in [-0.4, -0.2) is 29.8 Å². The Morgan fingerprint density at radius 2 is 1.82 bits per heavy atom. The molecule has 28 heavy (non-hydrogen) atoms. The number of hydrogen-bond acceptors (Lipinski definition) is 5. The van der Waals surface area contributed by atoms with Crippen LogP contribution in [0.15, 0.2) is 41.3 Å². The lowest BCUT2D eigenvalue weighted by Gasteiger charge is -2.13. The van der Waals surface area contributed by atoms with E-state index in [1.54, 1.807) is 42.5 Å². The van der Waals surface area contributed by atoms with Gasteiger partial charge in [0.05, 0.1) is 30.2 Å². The fourth-order valence-electron chi connectivity index (χ4n) is 2.64. The van der Waals surface area contributed by atoms with Crippen molar-refractivity contribution in [3.05, 3.63) is 62.5 Å². The van der Waals surface area contributed by atoms with Gasteiger partial charge in [-0.2, -0.15) is 0 Å². The normalized spacial score (nSPS) is 15.4. The molecule has 1 aliphatic heterocycles. The van der Waals surface area contributed by atoms with E-state index in [0.29, 0.717) is 38.6 Å². The van der Waals surface area contributed by atoms with Gasteiger partial charge in [0.15, 0.2) is 11.5 Å². The summed E-state index contributed by atoms with van der Waals surface area (Å²) in [4.78, 5) is 26.5. The van der Waals surface area contributed by atoms with E-state index in [2.05, 4.69) is 0 Å². The van der Waals surface area contributed by atoms with Gasteiger partial charge in [-0.05, 0) is 54.1 Å². The van der Waals surface area contributed by atoms with Gasteiger partial charge < -0.3 is 9.47 Å². The second kappa shape index (κ2) is 8.90. The van der Waals surface area contributed by atoms with E-state index in [9.17, 15) is 9.59 Å². The molecule has 0 radical (unpaired) electrons. The quantitative estimate of drug-likeness (QED) is 0.547. The molecule has 0 bridgehead atoms. The number of amides is 2. The monoisotopic (exact) mass is 437 g/mol. The van der Waals surface area contributed by atoms with E-state index in [1.165, 1.54) is 12.0 Å². The third-order valence-corrected chi connectivity index (χ3v) is 5.48. The Bertz CT molecular complexity index is 944. The molecular weight excluding hydrogens is 421 g/mol. The van der Waals surface area contributed by atoms with E-state index < -0.39 is 0 Å². The summed E-state index contributed by atoms with van der Waals surface area (Å²) in [5.41, 5.74) is 1.38. The first-order chi connectivity index (χ1) is 13.4. The van der Waals surface area contributed by atoms with Gasteiger partial charge in [-0.15, -0.1) is 0 Å². The summed E-state index contributed by atoms with van der Waals surface area (Å²) in [5, 5.41) is 0.658. The van der Waals surface area contributed by atoms with Crippen LogP contribution in [0.25, 0.3) is 6.08 Å². The molecule has 1 aliphatic rings. The summed E-state index contributed by atoms with van der Waals surface area (Å²) >= 11 is 13.1. The Kier molecular flexibility index (Phi) is 6.54. The first-order valence-corrected chi connectivity index (χ1v) is 10.00. The lowest BCUT2D eigenvalue weighted by molar-refractivity contribution is -0.123. The first-order valence-electron chi connectivity index (χ1n) is 8.43. The SMILES string of the molecule is CCOc1cc(Cl)c(/C=C2\SC(=O)N(Cc3ccc(Cl)cc3)C2=O)cc1OC. The maximum Gasteiger partial charge on any atom is 0.293 e. The number of thioether (sulfide) groups is 1. The fraction of sp³-hybridized carbons (Fsp3) is 0.200. The highest BCUT2D eigenvalue weighted by Gasteiger charge is 2.35. The Hall–Kier alpha value is -2.15. The van der Waals surface area contributed by atoms with Crippen molar-refractivity contribution in [1.82, 2.24) is 4.90 Å². The van der Waals surface area contributed by atoms with Crippen LogP contribution in [0.1, 0.15) is 18.1 Å². The van der Waals surface area contributed by atoms with Crippen LogP contribution >= 0.6 is 35.0 Å². The minimum Gasteiger partial charge on any atom is -0.493 e. The van der Waals surface area contributed by atoms with E-state index in [-0.39, 0.29) is 17.7 Å². The van der Waals surface area contributed by atoms with Crippen LogP contribution in [0.4, 0.5) is 4.79 Å². The second-order valence-corrected chi connectivity index (χ2v) is 7.69. The Morgan fingerprint density at radius 3 is 2.46 bits per heavy atom. The average Bonchev–Trinajstić information content (AvgIpc) is 2.93. The molecule has 1 saturated heterocycles. The molecule has 0 aromatic heterocycles. The van der Waals surface area contributed by atoms with Gasteiger partial charge in [-0.1, -0.05) is 35.3 Å². The number of rotatable bonds is 6. The molecule has 0 saturated carbocycles. The van der Waals surface area contributed by atoms with Crippen molar-refractivity contribution in [3.8, 4) is 11.5 Å². The fourth-order valence-corrected chi connectivity index (χ4v) is 3.80. The van der Waals surface area contributed by atoms with Crippen LogP contribution in [0.3, 0.4) is 0 Å². The molecule has 2 aromatic carbocycles. The van der Waals surface area contributed by atoms with Gasteiger partial charge in [-0.25, -0.2) is 0 Å². The molecule has 5 nitrogen and oxygen atoms in total. The van der Waals surface area contributed by atoms with Crippen molar-refractivity contribution < 1.29 is 19.1 Å². The maximum atomic E-state index is 12.7. The number of benzene rings is 2. The predicted octanol–water partition coefficient (Wildman–Crippen LogP) is 5.64. The third-order valence-electron chi connectivity index (χ3n) is 4.00. The Labute approximate surface area is 177 Å². The number of halogens is 2. The van der Waals surface area contributed by atoms with Crippen molar-refractivity contribution in [2.24, 2.45) is 0 Å². The highest BCUT2D eigenvalue weighted by molar-refractivity contribution is 8.18. The van der Waals surface area contributed by atoms with Crippen LogP contribution in [0.5, 0.6) is 11.5 Å². The summed E-state index contributed by atoms with van der Waals surface area (Å²) in [6, 6.07) is 10.3. The van der Waals surface area contributed by atoms with Crippen molar-refractivity contribution in [2.75, 3.05) is 13.7 Å². The van der Waals surface area contributed by atoms with Crippen LogP contribution in [0, 0.1) is 0 Å². The van der Waals surface area contributed by atoms with Crippen LogP contribution in [0.2, 0.25) is 10.0 Å². The first kappa shape index (κ1) is 20.6. The van der Waals surface area contributed by atoms with Crippen molar-refractivity contribution >= 4 is 52.2 Å². The van der Waals surface area contributed by atoms with Crippen molar-refractivity contribution in [3.63, 3.8) is 0 Å². The van der Waals surface area contributed by atoms with Gasteiger partial charge >= 0.3 is 0 Å². The van der Waals surface area contributed by atoms with Gasteiger partial charge in [0.25, 0.3) is 11.1 Å². The molecule has 1 heterocycles. The molecule has 0 aliphatic carbocycles. The molecule has 8 heteroatoms. The van der Waals surface area contributed by atoms with E-state index in [1.807, 2.05) is 6.92 Å². The number of hydrogen-bond donors (Lipinski definition) is 0. The predicted molar refractivity (Wildman–Crippen MR) is 112 cm³/mol. The molecule has 0 unspecified atom stereocenters. The zero-order valence-electron chi connectivity index (χ0n) is 15.2. The van der Waals surface area contributed by atoms with Crippen LogP contribution < -0.4 is 9.47 Å². The zero-order chi connectivity index (χ0) is 20.3. The number of methoxy groups -OCH3 is 1.